The van der Waals surface area contributed by atoms with E-state index in [2.05, 4.69) is 11.6 Å². The number of halogens is 1. The lowest BCUT2D eigenvalue weighted by Gasteiger charge is -2.36. The van der Waals surface area contributed by atoms with Gasteiger partial charge in [0.15, 0.2) is 0 Å². The summed E-state index contributed by atoms with van der Waals surface area (Å²) in [5, 5.41) is 0.544. The first-order valence-electron chi connectivity index (χ1n) is 7.51. The van der Waals surface area contributed by atoms with E-state index in [1.807, 2.05) is 11.0 Å². The quantitative estimate of drug-likeness (QED) is 0.867. The maximum atomic E-state index is 13.0. The van der Waals surface area contributed by atoms with Gasteiger partial charge >= 0.3 is 0 Å². The number of benzene rings is 1. The highest BCUT2D eigenvalue weighted by Gasteiger charge is 2.30. The van der Waals surface area contributed by atoms with Gasteiger partial charge in [0.1, 0.15) is 0 Å². The molecule has 0 bridgehead atoms. The normalized spacial score (nSPS) is 19.1. The fourth-order valence-corrected chi connectivity index (χ4v) is 3.11. The van der Waals surface area contributed by atoms with Crippen LogP contribution in [0.2, 0.25) is 5.02 Å². The van der Waals surface area contributed by atoms with E-state index >= 15 is 0 Å². The molecule has 5 heteroatoms. The molecule has 2 rings (SSSR count). The molecule has 1 aliphatic rings. The van der Waals surface area contributed by atoms with E-state index in [1.54, 1.807) is 25.3 Å². The zero-order chi connectivity index (χ0) is 16.1. The van der Waals surface area contributed by atoms with Crippen molar-refractivity contribution in [2.24, 2.45) is 10.7 Å². The molecule has 0 spiro atoms. The SMILES string of the molecule is C=CC(=NC)C1CCCCN1C(=O)c1cc(Cl)ccc1CN. The standard InChI is InChI=1S/C17H22ClN3O/c1-3-15(20-2)16-6-4-5-9-21(16)17(22)14-10-13(18)8-7-12(14)11-19/h3,7-8,10,16H,1,4-6,9,11,19H2,2H3. The third-order valence-corrected chi connectivity index (χ3v) is 4.33. The zero-order valence-electron chi connectivity index (χ0n) is 12.9. The van der Waals surface area contributed by atoms with Gasteiger partial charge in [0.25, 0.3) is 5.91 Å². The number of aliphatic imine (C=N–C) groups is 1. The van der Waals surface area contributed by atoms with Crippen LogP contribution in [0.4, 0.5) is 0 Å². The minimum Gasteiger partial charge on any atom is -0.330 e. The molecule has 22 heavy (non-hydrogen) atoms. The number of likely N-dealkylation sites (tertiary alicyclic amines) is 1. The second-order valence-corrected chi connectivity index (χ2v) is 5.80. The highest BCUT2D eigenvalue weighted by molar-refractivity contribution is 6.31. The highest BCUT2D eigenvalue weighted by atomic mass is 35.5. The summed E-state index contributed by atoms with van der Waals surface area (Å²) in [5.74, 6) is -0.0318. The smallest absolute Gasteiger partial charge is 0.254 e. The molecule has 0 aromatic heterocycles. The summed E-state index contributed by atoms with van der Waals surface area (Å²) in [5.41, 5.74) is 8.01. The minimum atomic E-state index is -0.0318. The number of amides is 1. The Kier molecular flexibility index (Phi) is 5.75. The first-order chi connectivity index (χ1) is 10.6. The summed E-state index contributed by atoms with van der Waals surface area (Å²) in [6.45, 7) is 4.84. The van der Waals surface area contributed by atoms with Crippen molar-refractivity contribution in [1.82, 2.24) is 4.90 Å². The average Bonchev–Trinajstić information content (AvgIpc) is 2.56. The first kappa shape index (κ1) is 16.7. The summed E-state index contributed by atoms with van der Waals surface area (Å²) in [4.78, 5) is 19.1. The molecule has 1 heterocycles. The topological polar surface area (TPSA) is 58.7 Å². The molecule has 1 aliphatic heterocycles. The molecular formula is C17H22ClN3O. The van der Waals surface area contributed by atoms with Gasteiger partial charge in [0, 0.05) is 30.7 Å². The summed E-state index contributed by atoms with van der Waals surface area (Å²) >= 11 is 6.06. The Morgan fingerprint density at radius 3 is 2.95 bits per heavy atom. The second-order valence-electron chi connectivity index (χ2n) is 5.37. The van der Waals surface area contributed by atoms with E-state index < -0.39 is 0 Å². The molecule has 0 radical (unpaired) electrons. The Hall–Kier alpha value is -1.65. The van der Waals surface area contributed by atoms with Gasteiger partial charge in [-0.05, 0) is 43.0 Å². The molecule has 2 N–H and O–H groups in total. The number of piperidine rings is 1. The molecular weight excluding hydrogens is 298 g/mol. The molecule has 4 nitrogen and oxygen atoms in total. The third kappa shape index (κ3) is 3.39. The number of hydrogen-bond acceptors (Lipinski definition) is 3. The maximum Gasteiger partial charge on any atom is 0.254 e. The van der Waals surface area contributed by atoms with E-state index in [0.717, 1.165) is 30.5 Å². The first-order valence-corrected chi connectivity index (χ1v) is 7.88. The third-order valence-electron chi connectivity index (χ3n) is 4.09. The predicted molar refractivity (Wildman–Crippen MR) is 91.6 cm³/mol. The Bertz CT molecular complexity index is 598. The lowest BCUT2D eigenvalue weighted by molar-refractivity contribution is 0.0680. The van der Waals surface area contributed by atoms with Gasteiger partial charge in [-0.1, -0.05) is 24.2 Å². The van der Waals surface area contributed by atoms with Crippen LogP contribution in [0.3, 0.4) is 0 Å². The van der Waals surface area contributed by atoms with Crippen LogP contribution in [0, 0.1) is 0 Å². The molecule has 0 aliphatic carbocycles. The number of hydrogen-bond donors (Lipinski definition) is 1. The number of nitrogens with two attached hydrogens (primary N) is 1. The maximum absolute atomic E-state index is 13.0. The van der Waals surface area contributed by atoms with Gasteiger partial charge in [0.2, 0.25) is 0 Å². The molecule has 0 saturated carbocycles. The van der Waals surface area contributed by atoms with E-state index in [0.29, 0.717) is 23.7 Å². The number of carbonyl (C=O) groups is 1. The van der Waals surface area contributed by atoms with Crippen LogP contribution < -0.4 is 5.73 Å². The van der Waals surface area contributed by atoms with Crippen LogP contribution in [0.15, 0.2) is 35.8 Å². The van der Waals surface area contributed by atoms with Crippen LogP contribution in [0.1, 0.15) is 35.2 Å². The van der Waals surface area contributed by atoms with Gasteiger partial charge in [0.05, 0.1) is 11.8 Å². The van der Waals surface area contributed by atoms with Crippen LogP contribution >= 0.6 is 11.6 Å². The van der Waals surface area contributed by atoms with Crippen molar-refractivity contribution in [1.29, 1.82) is 0 Å². The second kappa shape index (κ2) is 7.56. The van der Waals surface area contributed by atoms with Crippen LogP contribution in [-0.2, 0) is 6.54 Å². The molecule has 1 saturated heterocycles. The van der Waals surface area contributed by atoms with Crippen LogP contribution in [0.5, 0.6) is 0 Å². The Labute approximate surface area is 136 Å². The van der Waals surface area contributed by atoms with Gasteiger partial charge in [-0.3, -0.25) is 9.79 Å². The molecule has 1 aromatic rings. The fourth-order valence-electron chi connectivity index (χ4n) is 2.94. The average molecular weight is 320 g/mol. The minimum absolute atomic E-state index is 0.0200. The molecule has 1 amide bonds. The summed E-state index contributed by atoms with van der Waals surface area (Å²) in [6.07, 6.45) is 4.72. The summed E-state index contributed by atoms with van der Waals surface area (Å²) in [6, 6.07) is 5.26. The summed E-state index contributed by atoms with van der Waals surface area (Å²) in [7, 11) is 1.74. The van der Waals surface area contributed by atoms with Crippen molar-refractivity contribution >= 4 is 23.2 Å². The van der Waals surface area contributed by atoms with Crippen LogP contribution in [0.25, 0.3) is 0 Å². The largest absolute Gasteiger partial charge is 0.330 e. The van der Waals surface area contributed by atoms with Crippen molar-refractivity contribution in [3.8, 4) is 0 Å². The molecule has 118 valence electrons. The van der Waals surface area contributed by atoms with E-state index in [4.69, 9.17) is 17.3 Å². The van der Waals surface area contributed by atoms with E-state index in [9.17, 15) is 4.79 Å². The monoisotopic (exact) mass is 319 g/mol. The van der Waals surface area contributed by atoms with Gasteiger partial charge in [-0.25, -0.2) is 0 Å². The molecule has 1 aromatic carbocycles. The van der Waals surface area contributed by atoms with E-state index in [1.165, 1.54) is 0 Å². The molecule has 1 atom stereocenters. The van der Waals surface area contributed by atoms with Gasteiger partial charge < -0.3 is 10.6 Å². The number of carbonyl (C=O) groups excluding carboxylic acids is 1. The van der Waals surface area contributed by atoms with Crippen molar-refractivity contribution in [2.45, 2.75) is 31.8 Å². The van der Waals surface area contributed by atoms with Crippen LogP contribution in [-0.4, -0.2) is 36.2 Å². The molecule has 1 unspecified atom stereocenters. The number of rotatable bonds is 4. The molecule has 1 fully saturated rings. The Balaban J connectivity index is 2.37. The predicted octanol–water partition coefficient (Wildman–Crippen LogP) is 3.05. The lowest BCUT2D eigenvalue weighted by atomic mass is 9.95. The van der Waals surface area contributed by atoms with Crippen molar-refractivity contribution in [3.05, 3.63) is 47.0 Å². The van der Waals surface area contributed by atoms with Crippen molar-refractivity contribution < 1.29 is 4.79 Å². The zero-order valence-corrected chi connectivity index (χ0v) is 13.6. The number of nitrogens with zero attached hydrogens (tertiary/aromatic N) is 2. The van der Waals surface area contributed by atoms with Crippen molar-refractivity contribution in [2.75, 3.05) is 13.6 Å². The Morgan fingerprint density at radius 2 is 2.32 bits per heavy atom. The highest BCUT2D eigenvalue weighted by Crippen LogP contribution is 2.24. The summed E-state index contributed by atoms with van der Waals surface area (Å²) < 4.78 is 0. The van der Waals surface area contributed by atoms with E-state index in [-0.39, 0.29) is 11.9 Å². The fraction of sp³-hybridized carbons (Fsp3) is 0.412. The lowest BCUT2D eigenvalue weighted by Crippen LogP contribution is -2.47. The van der Waals surface area contributed by atoms with Crippen molar-refractivity contribution in [3.63, 3.8) is 0 Å². The van der Waals surface area contributed by atoms with Gasteiger partial charge in [-0.15, -0.1) is 0 Å². The van der Waals surface area contributed by atoms with Gasteiger partial charge in [-0.2, -0.15) is 0 Å². The Morgan fingerprint density at radius 1 is 1.55 bits per heavy atom.